The van der Waals surface area contributed by atoms with Crippen molar-refractivity contribution in [3.05, 3.63) is 0 Å². The first-order valence-electron chi connectivity index (χ1n) is 4.66. The molecule has 1 rings (SSSR count). The van der Waals surface area contributed by atoms with E-state index in [-0.39, 0.29) is 18.1 Å². The van der Waals surface area contributed by atoms with E-state index in [0.717, 1.165) is 6.42 Å². The van der Waals surface area contributed by atoms with Crippen LogP contribution in [0.1, 0.15) is 19.8 Å². The second kappa shape index (κ2) is 4.98. The van der Waals surface area contributed by atoms with Gasteiger partial charge in [-0.1, -0.05) is 13.3 Å². The van der Waals surface area contributed by atoms with Gasteiger partial charge in [-0.25, -0.2) is 0 Å². The maximum absolute atomic E-state index is 11.3. The first kappa shape index (κ1) is 13.2. The molecule has 8 heteroatoms. The van der Waals surface area contributed by atoms with E-state index < -0.39 is 27.1 Å². The minimum absolute atomic E-state index is 0.0425. The average molecular weight is 260 g/mol. The van der Waals surface area contributed by atoms with Crippen LogP contribution in [0, 0.1) is 0 Å². The highest BCUT2D eigenvalue weighted by molar-refractivity contribution is 8.20. The summed E-state index contributed by atoms with van der Waals surface area (Å²) >= 11 is 0. The summed E-state index contributed by atoms with van der Waals surface area (Å²) < 4.78 is 50.2. The normalized spacial score (nSPS) is 27.8. The maximum Gasteiger partial charge on any atom is 0.267 e. The van der Waals surface area contributed by atoms with Gasteiger partial charge in [-0.05, 0) is 6.42 Å². The van der Waals surface area contributed by atoms with Crippen molar-refractivity contribution in [2.75, 3.05) is 18.1 Å². The van der Waals surface area contributed by atoms with Gasteiger partial charge in [0.2, 0.25) is 0 Å². The Hall–Kier alpha value is 0.140. The van der Waals surface area contributed by atoms with Gasteiger partial charge in [0.05, 0.1) is 29.0 Å². The molecule has 1 atom stereocenters. The summed E-state index contributed by atoms with van der Waals surface area (Å²) in [5.41, 5.74) is 0. The first-order chi connectivity index (χ1) is 6.85. The quantitative estimate of drug-likeness (QED) is 0.721. The molecule has 1 aliphatic rings. The van der Waals surface area contributed by atoms with Gasteiger partial charge in [0.25, 0.3) is 10.1 Å². The van der Waals surface area contributed by atoms with Gasteiger partial charge in [-0.2, -0.15) is 8.42 Å². The fourth-order valence-electron chi connectivity index (χ4n) is 1.16. The molecule has 2 N–H and O–H groups in total. The van der Waals surface area contributed by atoms with Crippen molar-refractivity contribution in [2.45, 2.75) is 25.9 Å². The van der Waals surface area contributed by atoms with E-state index in [9.17, 15) is 8.42 Å². The molecule has 92 valence electrons. The molecule has 0 aromatic rings. The second-order valence-electron chi connectivity index (χ2n) is 3.39. The first-order valence-corrected chi connectivity index (χ1v) is 7.88. The number of hydrogen-bond acceptors (Lipinski definition) is 6. The van der Waals surface area contributed by atoms with Gasteiger partial charge >= 0.3 is 0 Å². The van der Waals surface area contributed by atoms with Crippen molar-refractivity contribution in [1.29, 1.82) is 0 Å². The minimum Gasteiger partial charge on any atom is -0.308 e. The maximum atomic E-state index is 11.3. The lowest BCUT2D eigenvalue weighted by molar-refractivity contribution is 0.180. The average Bonchev–Trinajstić information content (AvgIpc) is 2.41. The van der Waals surface area contributed by atoms with E-state index in [1.54, 1.807) is 0 Å². The molecule has 0 aromatic carbocycles. The Balaban J connectivity index is 2.42. The summed E-state index contributed by atoms with van der Waals surface area (Å²) in [6.45, 7) is 1.79. The molecule has 1 fully saturated rings. The van der Waals surface area contributed by atoms with Crippen molar-refractivity contribution in [3.63, 3.8) is 0 Å². The summed E-state index contributed by atoms with van der Waals surface area (Å²) in [4.78, 5) is 0. The van der Waals surface area contributed by atoms with Crippen LogP contribution in [-0.4, -0.2) is 41.7 Å². The van der Waals surface area contributed by atoms with Crippen LogP contribution in [0.25, 0.3) is 0 Å². The molecule has 0 radical (unpaired) electrons. The Morgan fingerprint density at radius 3 is 2.67 bits per heavy atom. The largest absolute Gasteiger partial charge is 0.308 e. The molecule has 1 aliphatic heterocycles. The fourth-order valence-corrected chi connectivity index (χ4v) is 3.63. The van der Waals surface area contributed by atoms with Gasteiger partial charge in [0.15, 0.2) is 0 Å². The van der Waals surface area contributed by atoms with Crippen LogP contribution < -0.4 is 0 Å². The zero-order valence-electron chi connectivity index (χ0n) is 8.46. The van der Waals surface area contributed by atoms with Crippen LogP contribution in [0.3, 0.4) is 0 Å². The number of unbranched alkanes of at least 4 members (excludes halogenated alkanes) is 1. The summed E-state index contributed by atoms with van der Waals surface area (Å²) in [5.74, 6) is -0.211. The zero-order valence-corrected chi connectivity index (χ0v) is 10.1. The third-order valence-electron chi connectivity index (χ3n) is 1.88. The van der Waals surface area contributed by atoms with Crippen LogP contribution in [0.15, 0.2) is 0 Å². The van der Waals surface area contributed by atoms with E-state index in [1.165, 1.54) is 0 Å². The van der Waals surface area contributed by atoms with Crippen molar-refractivity contribution in [1.82, 2.24) is 0 Å². The molecule has 6 nitrogen and oxygen atoms in total. The smallest absolute Gasteiger partial charge is 0.267 e. The number of hydrogen-bond donors (Lipinski definition) is 2. The van der Waals surface area contributed by atoms with E-state index in [2.05, 4.69) is 4.18 Å². The Kier molecular flexibility index (Phi) is 4.38. The molecule has 0 aliphatic carbocycles. The predicted molar refractivity (Wildman–Crippen MR) is 57.2 cm³/mol. The molecule has 0 amide bonds. The SMILES string of the molecule is CCCCS(=O)(=O)OC1COS(O)(O)C1. The van der Waals surface area contributed by atoms with Crippen molar-refractivity contribution in [2.24, 2.45) is 0 Å². The molecule has 1 unspecified atom stereocenters. The topological polar surface area (TPSA) is 93.1 Å². The van der Waals surface area contributed by atoms with Gasteiger partial charge in [0, 0.05) is 0 Å². The molecule has 0 spiro atoms. The van der Waals surface area contributed by atoms with E-state index >= 15 is 0 Å². The molecular formula is C7H16O6S2. The summed E-state index contributed by atoms with van der Waals surface area (Å²) in [5, 5.41) is 0. The molecule has 0 aromatic heterocycles. The van der Waals surface area contributed by atoms with Gasteiger partial charge in [-0.15, -0.1) is 0 Å². The zero-order chi connectivity index (χ0) is 11.5. The molecule has 0 saturated carbocycles. The van der Waals surface area contributed by atoms with E-state index in [4.69, 9.17) is 13.3 Å². The highest BCUT2D eigenvalue weighted by atomic mass is 32.3. The Bertz CT molecular complexity index is 299. The summed E-state index contributed by atoms with van der Waals surface area (Å²) in [6, 6.07) is 0. The third-order valence-corrected chi connectivity index (χ3v) is 4.55. The van der Waals surface area contributed by atoms with Gasteiger partial charge in [0.1, 0.15) is 6.10 Å². The fraction of sp³-hybridized carbons (Fsp3) is 1.00. The third kappa shape index (κ3) is 4.66. The van der Waals surface area contributed by atoms with Gasteiger partial charge < -0.3 is 9.11 Å². The highest BCUT2D eigenvalue weighted by Crippen LogP contribution is 2.46. The monoisotopic (exact) mass is 260 g/mol. The standard InChI is InChI=1S/C7H16O6S2/c1-2-3-4-14(8,9)13-7-5-12-15(10,11)6-7/h7,10-11H,2-6H2,1H3. The molecule has 0 bridgehead atoms. The number of rotatable bonds is 5. The molecule has 1 saturated heterocycles. The van der Waals surface area contributed by atoms with Crippen molar-refractivity contribution < 1.29 is 25.9 Å². The molecule has 15 heavy (non-hydrogen) atoms. The molecular weight excluding hydrogens is 244 g/mol. The Morgan fingerprint density at radius 1 is 1.53 bits per heavy atom. The highest BCUT2D eigenvalue weighted by Gasteiger charge is 2.35. The van der Waals surface area contributed by atoms with Crippen LogP contribution in [0.5, 0.6) is 0 Å². The van der Waals surface area contributed by atoms with Crippen LogP contribution in [0.4, 0.5) is 0 Å². The lowest BCUT2D eigenvalue weighted by Gasteiger charge is -2.17. The van der Waals surface area contributed by atoms with Crippen LogP contribution in [-0.2, 0) is 18.5 Å². The minimum atomic E-state index is -3.57. The predicted octanol–water partition coefficient (Wildman–Crippen LogP) is 1.20. The van der Waals surface area contributed by atoms with E-state index in [1.807, 2.05) is 6.92 Å². The lowest BCUT2D eigenvalue weighted by atomic mass is 10.4. The Labute approximate surface area is 91.3 Å². The lowest BCUT2D eigenvalue weighted by Crippen LogP contribution is -2.23. The van der Waals surface area contributed by atoms with E-state index in [0.29, 0.717) is 6.42 Å². The van der Waals surface area contributed by atoms with Crippen LogP contribution >= 0.6 is 10.9 Å². The van der Waals surface area contributed by atoms with Crippen molar-refractivity contribution in [3.8, 4) is 0 Å². The summed E-state index contributed by atoms with van der Waals surface area (Å²) in [7, 11) is -6.64. The summed E-state index contributed by atoms with van der Waals surface area (Å²) in [6.07, 6.45) is 0.530. The Morgan fingerprint density at radius 2 is 2.20 bits per heavy atom. The van der Waals surface area contributed by atoms with Crippen molar-refractivity contribution >= 4 is 21.0 Å². The van der Waals surface area contributed by atoms with Gasteiger partial charge in [-0.3, -0.25) is 8.37 Å². The molecule has 1 heterocycles. The van der Waals surface area contributed by atoms with Crippen LogP contribution in [0.2, 0.25) is 0 Å². The second-order valence-corrected chi connectivity index (χ2v) is 6.89.